The normalized spacial score (nSPS) is 22.6. The third-order valence-electron chi connectivity index (χ3n) is 7.95. The average molecular weight is 997 g/mol. The molecule has 13 N–H and O–H groups in total. The SMILES string of the molecule is CS(C)(N)O.C[C@@H]([C@H](C)O)[C@H]([NH3+])C(=O)[O-].C[C@@H]1OC(=O)C(N)[C@H]1C.Cl.[3H]PO[C@@H](C)C(C)C=NS(C)(C)O.[3H]PO[C@@H](C)C(C)C=O.[3H]PO[C@@H](C)C(C)CNS(C)(C)O.[Li+].[OH-]. The van der Waals surface area contributed by atoms with E-state index in [4.69, 9.17) is 42.7 Å². The number of esters is 1. The predicted molar refractivity (Wildman–Crippen MR) is 256 cm³/mol. The van der Waals surface area contributed by atoms with Gasteiger partial charge in [-0.05, 0) is 76.1 Å². The van der Waals surface area contributed by atoms with Crippen molar-refractivity contribution >= 4 is 96.6 Å². The van der Waals surface area contributed by atoms with Crippen molar-refractivity contribution in [3.8, 4) is 0 Å². The number of carboxylic acids is 1. The molecule has 1 aliphatic rings. The van der Waals surface area contributed by atoms with Crippen LogP contribution in [0.4, 0.5) is 0 Å². The molecule has 1 heterocycles. The fourth-order valence-corrected chi connectivity index (χ4v) is 4.56. The monoisotopic (exact) mass is 995 g/mol. The molecule has 1 fully saturated rings. The van der Waals surface area contributed by atoms with E-state index in [-0.39, 0.29) is 119 Å². The van der Waals surface area contributed by atoms with Crippen LogP contribution >= 0.6 is 72.1 Å². The first-order valence-corrected chi connectivity index (χ1v) is 26.1. The molecule has 26 heteroatoms. The molecule has 15 atom stereocenters. The zero-order valence-electron chi connectivity index (χ0n) is 41.2. The van der Waals surface area contributed by atoms with Gasteiger partial charge in [0.15, 0.2) is 0 Å². The van der Waals surface area contributed by atoms with Gasteiger partial charge in [-0.25, -0.2) is 4.40 Å². The first-order valence-electron chi connectivity index (χ1n) is 19.1. The van der Waals surface area contributed by atoms with Gasteiger partial charge >= 0.3 is 24.8 Å². The summed E-state index contributed by atoms with van der Waals surface area (Å²) in [6.07, 6.45) is 12.0. The number of aldehydes is 1. The summed E-state index contributed by atoms with van der Waals surface area (Å²) in [5, 5.41) is 24.1. The van der Waals surface area contributed by atoms with Gasteiger partial charge in [0.25, 0.3) is 0 Å². The number of ether oxygens (including phenoxy) is 1. The van der Waals surface area contributed by atoms with Crippen LogP contribution in [0.2, 0.25) is 0 Å². The minimum atomic E-state index is -1.80. The summed E-state index contributed by atoms with van der Waals surface area (Å²) in [4.78, 5) is 30.9. The topological polar surface area (TPSA) is 326 Å². The quantitative estimate of drug-likeness (QED) is 0.0297. The van der Waals surface area contributed by atoms with Crippen molar-refractivity contribution in [3.05, 3.63) is 0 Å². The van der Waals surface area contributed by atoms with E-state index in [1.807, 2.05) is 41.5 Å². The van der Waals surface area contributed by atoms with Crippen molar-refractivity contribution < 1.29 is 86.6 Å². The molecule has 0 spiro atoms. The number of rotatable bonds is 18. The number of nitrogens with zero attached hydrogens (tertiary/aromatic N) is 1. The number of quaternary nitrogens is 1. The molecule has 1 saturated heterocycles. The fourth-order valence-electron chi connectivity index (χ4n) is 2.74. The Hall–Kier alpha value is 1.03. The van der Waals surface area contributed by atoms with Crippen molar-refractivity contribution in [3.63, 3.8) is 0 Å². The summed E-state index contributed by atoms with van der Waals surface area (Å²) >= 11 is 0. The Morgan fingerprint density at radius 2 is 1.36 bits per heavy atom. The molecule has 59 heavy (non-hydrogen) atoms. The second-order valence-electron chi connectivity index (χ2n) is 14.8. The molecule has 0 aromatic carbocycles. The maximum Gasteiger partial charge on any atom is 1.00 e. The van der Waals surface area contributed by atoms with Crippen molar-refractivity contribution in [2.24, 2.45) is 44.9 Å². The van der Waals surface area contributed by atoms with E-state index in [2.05, 4.69) is 14.9 Å². The number of aliphatic carboxylic acids is 1. The van der Waals surface area contributed by atoms with Crippen LogP contribution < -0.4 is 45.3 Å². The molecule has 18 nitrogen and oxygen atoms in total. The number of carboxylic acid groups (broad SMARTS) is 1. The van der Waals surface area contributed by atoms with Crippen molar-refractivity contribution in [1.82, 2.24) is 4.72 Å². The molecule has 7 unspecified atom stereocenters. The molecule has 1 aliphatic heterocycles. The van der Waals surface area contributed by atoms with Crippen molar-refractivity contribution in [2.75, 3.05) is 44.1 Å². The second kappa shape index (κ2) is 40.5. The molecule has 0 aromatic rings. The number of cyclic esters (lactones) is 1. The largest absolute Gasteiger partial charge is 1.00 e. The summed E-state index contributed by atoms with van der Waals surface area (Å²) in [7, 11) is -5.81. The number of hydrogen-bond acceptors (Lipinski definition) is 17. The van der Waals surface area contributed by atoms with Gasteiger partial charge in [-0.3, -0.25) is 14.7 Å². The Kier molecular flexibility index (Phi) is 47.4. The van der Waals surface area contributed by atoms with Crippen LogP contribution in [0.25, 0.3) is 0 Å². The van der Waals surface area contributed by atoms with E-state index < -0.39 is 55.6 Å². The van der Waals surface area contributed by atoms with Gasteiger partial charge in [0, 0.05) is 77.2 Å². The van der Waals surface area contributed by atoms with Crippen LogP contribution in [0, 0.1) is 29.6 Å². The van der Waals surface area contributed by atoms with Gasteiger partial charge in [-0.15, -0.1) is 12.4 Å². The maximum absolute atomic E-state index is 10.6. The van der Waals surface area contributed by atoms with Crippen LogP contribution in [0.1, 0.15) is 69.2 Å². The smallest absolute Gasteiger partial charge is 0.870 e. The van der Waals surface area contributed by atoms with Gasteiger partial charge in [0.2, 0.25) is 0 Å². The summed E-state index contributed by atoms with van der Waals surface area (Å²) < 4.78 is 74.8. The Balaban J connectivity index is -0.0000000948. The summed E-state index contributed by atoms with van der Waals surface area (Å²) in [5.74, 6) is -1.32. The molecule has 0 radical (unpaired) electrons. The number of nitrogens with two attached hydrogens (primary N) is 2. The van der Waals surface area contributed by atoms with Crippen LogP contribution in [0.5, 0.6) is 0 Å². The van der Waals surface area contributed by atoms with Crippen LogP contribution in [-0.2, 0) is 32.7 Å². The molecule has 0 amide bonds. The van der Waals surface area contributed by atoms with Crippen LogP contribution in [0.3, 0.4) is 0 Å². The third kappa shape index (κ3) is 51.5. The zero-order chi connectivity index (χ0) is 48.1. The molecular formula is C33H84ClLiN5O13P3S3. The molecule has 1 rings (SSSR count). The Morgan fingerprint density at radius 3 is 1.59 bits per heavy atom. The predicted octanol–water partition coefficient (Wildman–Crippen LogP) is 0.122. The number of nitrogens with one attached hydrogen (secondary N) is 1. The molecule has 0 bridgehead atoms. The number of carbonyl (C=O) groups is 3. The first-order chi connectivity index (χ1) is 26.5. The summed E-state index contributed by atoms with van der Waals surface area (Å²) in [5.41, 5.74) is 8.77. The zero-order valence-corrected chi connectivity index (χ0v) is 44.5. The summed E-state index contributed by atoms with van der Waals surface area (Å²) in [6.45, 7) is 19.1. The van der Waals surface area contributed by atoms with E-state index >= 15 is 0 Å². The fraction of sp³-hybridized carbons (Fsp3) is 0.879. The molecule has 360 valence electrons. The van der Waals surface area contributed by atoms with Crippen LogP contribution in [-0.4, -0.2) is 139 Å². The van der Waals surface area contributed by atoms with E-state index in [0.29, 0.717) is 5.92 Å². The second-order valence-corrected chi connectivity index (χ2v) is 23.7. The molecule has 0 aromatic heterocycles. The Labute approximate surface area is 390 Å². The Morgan fingerprint density at radius 1 is 0.966 bits per heavy atom. The number of carbonyl (C=O) groups excluding carboxylic acids is 3. The number of halogens is 1. The first kappa shape index (κ1) is 69.1. The van der Waals surface area contributed by atoms with Gasteiger partial charge in [0.1, 0.15) is 24.5 Å². The molecular weight excluding hydrogens is 906 g/mol. The number of aliphatic hydroxyl groups excluding tert-OH is 1. The van der Waals surface area contributed by atoms with E-state index in [1.165, 1.54) is 6.92 Å². The van der Waals surface area contributed by atoms with E-state index in [9.17, 15) is 28.6 Å². The average Bonchev–Trinajstić information content (AvgIpc) is 3.32. The van der Waals surface area contributed by atoms with Crippen LogP contribution in [0.15, 0.2) is 4.40 Å². The number of aliphatic hydroxyl groups is 1. The Bertz CT molecular complexity index is 1140. The molecule has 0 aliphatic carbocycles. The van der Waals surface area contributed by atoms with E-state index in [1.54, 1.807) is 64.5 Å². The van der Waals surface area contributed by atoms with Crippen molar-refractivity contribution in [1.29, 1.82) is 3.84 Å². The minimum absolute atomic E-state index is 0. The van der Waals surface area contributed by atoms with Gasteiger partial charge in [-0.1, -0.05) is 55.6 Å². The third-order valence-corrected chi connectivity index (χ3v) is 10.6. The standard InChI is InChI=1S/C7H20NO2PS.C7H18NO2PS.C6H13NO3.C6H11NO2.C5H11O2P.C2H9NOS.ClH.Li.H2O/c2*1-6(7(2)10-11)5-8-12(3,4)9;1-3(4(2)8)5(7)6(9)10;1-3-4(2)9-6(8)5(3)7;1-4(3-6)5(2)7-8;1-5(2,3)4;;;/h6-9H,5,11H2,1-4H3;5-7,9H,11H2,1-4H3;3-5,8H,7H2,1-2H3,(H,9,10);3-5H,7H2,1-2H3;3-5H,8H2,1-2H3;4H,3H2,1-2H3;1H;;1H2/q;;;;;;;+1;/p-1/t2*6?,7-;3-,4-,5-;3-,4-,5?;4?,5-;;;;/m00000..../s1/i2*11T;;;8T;;;;/t2*6?,7-,11?;2m;4?,5-,8?;;;;. The van der Waals surface area contributed by atoms with Gasteiger partial charge < -0.3 is 68.7 Å². The van der Waals surface area contributed by atoms with Crippen molar-refractivity contribution in [2.45, 2.75) is 112 Å². The summed E-state index contributed by atoms with van der Waals surface area (Å²) in [6, 6.07) is -1.24. The maximum atomic E-state index is 10.6. The molecule has 0 saturated carbocycles. The van der Waals surface area contributed by atoms with Gasteiger partial charge in [-0.2, -0.15) is 0 Å². The van der Waals surface area contributed by atoms with Gasteiger partial charge in [0.05, 0.1) is 34.2 Å². The van der Waals surface area contributed by atoms with E-state index in [0.717, 1.165) is 12.8 Å². The minimum Gasteiger partial charge on any atom is -0.870 e. The number of hydrogen-bond donors (Lipinski definition) is 8.